The molecule has 0 saturated heterocycles. The Balaban J connectivity index is 2.11. The molecule has 0 aliphatic heterocycles. The molecule has 2 aromatic rings. The van der Waals surface area contributed by atoms with E-state index in [1.165, 1.54) is 5.56 Å². The Morgan fingerprint density at radius 1 is 1.00 bits per heavy atom. The van der Waals surface area contributed by atoms with Crippen molar-refractivity contribution in [3.8, 4) is 11.8 Å². The van der Waals surface area contributed by atoms with E-state index >= 15 is 0 Å². The maximum absolute atomic E-state index is 10.3. The number of aryl methyl sites for hydroxylation is 1. The Morgan fingerprint density at radius 3 is 2.26 bits per heavy atom. The first-order valence-electron chi connectivity index (χ1n) is 6.41. The Labute approximate surface area is 114 Å². The summed E-state index contributed by atoms with van der Waals surface area (Å²) in [7, 11) is 0. The van der Waals surface area contributed by atoms with Gasteiger partial charge in [-0.3, -0.25) is 0 Å². The molecular weight excluding hydrogens is 232 g/mol. The second-order valence-electron chi connectivity index (χ2n) is 5.05. The molecule has 1 nitrogen and oxygen atoms in total. The van der Waals surface area contributed by atoms with Gasteiger partial charge in [-0.05, 0) is 31.5 Å². The molecule has 2 aromatic carbocycles. The van der Waals surface area contributed by atoms with Crippen LogP contribution in [0.3, 0.4) is 0 Å². The van der Waals surface area contributed by atoms with Crippen LogP contribution in [-0.4, -0.2) is 10.7 Å². The van der Waals surface area contributed by atoms with Crippen LogP contribution in [0.4, 0.5) is 0 Å². The van der Waals surface area contributed by atoms with Crippen molar-refractivity contribution in [2.45, 2.75) is 25.9 Å². The van der Waals surface area contributed by atoms with Gasteiger partial charge in [0, 0.05) is 12.0 Å². The van der Waals surface area contributed by atoms with Crippen LogP contribution in [0.15, 0.2) is 54.6 Å². The van der Waals surface area contributed by atoms with E-state index in [-0.39, 0.29) is 0 Å². The summed E-state index contributed by atoms with van der Waals surface area (Å²) < 4.78 is 0. The molecule has 0 heterocycles. The number of hydrogen-bond acceptors (Lipinski definition) is 1. The van der Waals surface area contributed by atoms with Gasteiger partial charge in [0.2, 0.25) is 0 Å². The molecule has 2 rings (SSSR count). The molecule has 96 valence electrons. The van der Waals surface area contributed by atoms with Crippen molar-refractivity contribution in [3.63, 3.8) is 0 Å². The Hall–Kier alpha value is -2.04. The standard InChI is InChI=1S/C18H18O/c1-15-8-10-17(11-9-15)14-18(2,19)13-12-16-6-4-3-5-7-16/h3-11,19H,14H2,1-2H3. The molecule has 0 spiro atoms. The van der Waals surface area contributed by atoms with Gasteiger partial charge < -0.3 is 5.11 Å². The van der Waals surface area contributed by atoms with Crippen molar-refractivity contribution < 1.29 is 5.11 Å². The van der Waals surface area contributed by atoms with Crippen molar-refractivity contribution in [1.29, 1.82) is 0 Å². The van der Waals surface area contributed by atoms with Crippen LogP contribution in [0, 0.1) is 18.8 Å². The van der Waals surface area contributed by atoms with Gasteiger partial charge in [-0.1, -0.05) is 59.9 Å². The monoisotopic (exact) mass is 250 g/mol. The van der Waals surface area contributed by atoms with E-state index in [0.717, 1.165) is 11.1 Å². The fraction of sp³-hybridized carbons (Fsp3) is 0.222. The lowest BCUT2D eigenvalue weighted by molar-refractivity contribution is 0.123. The van der Waals surface area contributed by atoms with Crippen LogP contribution in [0.5, 0.6) is 0 Å². The topological polar surface area (TPSA) is 20.2 Å². The minimum Gasteiger partial charge on any atom is -0.378 e. The maximum Gasteiger partial charge on any atom is 0.127 e. The van der Waals surface area contributed by atoms with E-state index in [4.69, 9.17) is 0 Å². The van der Waals surface area contributed by atoms with Crippen LogP contribution in [0.2, 0.25) is 0 Å². The molecule has 0 fully saturated rings. The van der Waals surface area contributed by atoms with E-state index in [1.54, 1.807) is 6.92 Å². The Morgan fingerprint density at radius 2 is 1.63 bits per heavy atom. The van der Waals surface area contributed by atoms with Gasteiger partial charge in [0.1, 0.15) is 5.60 Å². The summed E-state index contributed by atoms with van der Waals surface area (Å²) >= 11 is 0. The third kappa shape index (κ3) is 4.28. The average Bonchev–Trinajstić information content (AvgIpc) is 2.40. The predicted molar refractivity (Wildman–Crippen MR) is 78.8 cm³/mol. The van der Waals surface area contributed by atoms with Gasteiger partial charge in [0.25, 0.3) is 0 Å². The lowest BCUT2D eigenvalue weighted by atomic mass is 9.96. The van der Waals surface area contributed by atoms with Gasteiger partial charge in [0.15, 0.2) is 0 Å². The molecule has 1 heteroatoms. The van der Waals surface area contributed by atoms with Gasteiger partial charge >= 0.3 is 0 Å². The highest BCUT2D eigenvalue weighted by Gasteiger charge is 2.17. The summed E-state index contributed by atoms with van der Waals surface area (Å²) in [5, 5.41) is 10.3. The zero-order chi connectivity index (χ0) is 13.7. The first-order chi connectivity index (χ1) is 9.05. The van der Waals surface area contributed by atoms with Crippen LogP contribution in [0.25, 0.3) is 0 Å². The number of rotatable bonds is 2. The van der Waals surface area contributed by atoms with Crippen molar-refractivity contribution in [3.05, 3.63) is 71.3 Å². The lowest BCUT2D eigenvalue weighted by Gasteiger charge is -2.16. The molecule has 0 aromatic heterocycles. The Bertz CT molecular complexity index is 583. The summed E-state index contributed by atoms with van der Waals surface area (Å²) in [5.74, 6) is 5.96. The minimum absolute atomic E-state index is 0.535. The molecule has 1 unspecified atom stereocenters. The third-order valence-corrected chi connectivity index (χ3v) is 2.92. The summed E-state index contributed by atoms with van der Waals surface area (Å²) in [6, 6.07) is 17.9. The zero-order valence-electron chi connectivity index (χ0n) is 11.4. The van der Waals surface area contributed by atoms with Gasteiger partial charge in [-0.15, -0.1) is 0 Å². The summed E-state index contributed by atoms with van der Waals surface area (Å²) in [4.78, 5) is 0. The maximum atomic E-state index is 10.3. The van der Waals surface area contributed by atoms with E-state index < -0.39 is 5.60 Å². The van der Waals surface area contributed by atoms with Crippen molar-refractivity contribution in [1.82, 2.24) is 0 Å². The van der Waals surface area contributed by atoms with Crippen LogP contribution in [-0.2, 0) is 6.42 Å². The fourth-order valence-corrected chi connectivity index (χ4v) is 1.88. The minimum atomic E-state index is -1.01. The summed E-state index contributed by atoms with van der Waals surface area (Å²) in [6.07, 6.45) is 0.535. The second kappa shape index (κ2) is 5.73. The zero-order valence-corrected chi connectivity index (χ0v) is 11.4. The third-order valence-electron chi connectivity index (χ3n) is 2.92. The smallest absolute Gasteiger partial charge is 0.127 e. The molecule has 0 bridgehead atoms. The van der Waals surface area contributed by atoms with Crippen molar-refractivity contribution in [2.24, 2.45) is 0 Å². The van der Waals surface area contributed by atoms with Crippen LogP contribution in [0.1, 0.15) is 23.6 Å². The van der Waals surface area contributed by atoms with E-state index in [2.05, 4.69) is 30.9 Å². The molecule has 0 aliphatic rings. The molecule has 1 N–H and O–H groups in total. The molecule has 0 aliphatic carbocycles. The molecule has 0 saturated carbocycles. The summed E-state index contributed by atoms with van der Waals surface area (Å²) in [5.41, 5.74) is 2.23. The van der Waals surface area contributed by atoms with Gasteiger partial charge in [-0.25, -0.2) is 0 Å². The molecular formula is C18H18O. The van der Waals surface area contributed by atoms with E-state index in [1.807, 2.05) is 42.5 Å². The predicted octanol–water partition coefficient (Wildman–Crippen LogP) is 3.34. The number of aliphatic hydroxyl groups is 1. The second-order valence-corrected chi connectivity index (χ2v) is 5.05. The van der Waals surface area contributed by atoms with Crippen LogP contribution >= 0.6 is 0 Å². The van der Waals surface area contributed by atoms with Gasteiger partial charge in [-0.2, -0.15) is 0 Å². The highest BCUT2D eigenvalue weighted by molar-refractivity contribution is 5.36. The fourth-order valence-electron chi connectivity index (χ4n) is 1.88. The highest BCUT2D eigenvalue weighted by atomic mass is 16.3. The molecule has 1 atom stereocenters. The number of benzene rings is 2. The average molecular weight is 250 g/mol. The summed E-state index contributed by atoms with van der Waals surface area (Å²) in [6.45, 7) is 3.81. The highest BCUT2D eigenvalue weighted by Crippen LogP contribution is 2.13. The van der Waals surface area contributed by atoms with Gasteiger partial charge in [0.05, 0.1) is 0 Å². The Kier molecular flexibility index (Phi) is 4.04. The molecule has 0 radical (unpaired) electrons. The van der Waals surface area contributed by atoms with Crippen molar-refractivity contribution in [2.75, 3.05) is 0 Å². The molecule has 19 heavy (non-hydrogen) atoms. The van der Waals surface area contributed by atoms with E-state index in [0.29, 0.717) is 6.42 Å². The van der Waals surface area contributed by atoms with Crippen LogP contribution < -0.4 is 0 Å². The molecule has 0 amide bonds. The SMILES string of the molecule is Cc1ccc(CC(C)(O)C#Cc2ccccc2)cc1. The first kappa shape index (κ1) is 13.4. The lowest BCUT2D eigenvalue weighted by Crippen LogP contribution is -2.24. The van der Waals surface area contributed by atoms with Crippen molar-refractivity contribution >= 4 is 0 Å². The van der Waals surface area contributed by atoms with E-state index in [9.17, 15) is 5.11 Å². The first-order valence-corrected chi connectivity index (χ1v) is 6.41. The largest absolute Gasteiger partial charge is 0.378 e. The number of hydrogen-bond donors (Lipinski definition) is 1. The quantitative estimate of drug-likeness (QED) is 0.810. The normalized spacial score (nSPS) is 13.2.